The van der Waals surface area contributed by atoms with Crippen molar-refractivity contribution < 1.29 is 9.78 Å². The van der Waals surface area contributed by atoms with Crippen molar-refractivity contribution in [2.45, 2.75) is 6.03 Å². The molecule has 1 saturated heterocycles. The van der Waals surface area contributed by atoms with Gasteiger partial charge in [-0.15, -0.1) is 9.78 Å². The van der Waals surface area contributed by atoms with E-state index in [0.29, 0.717) is 0 Å². The van der Waals surface area contributed by atoms with E-state index < -0.39 is 6.03 Å². The first-order valence-corrected chi connectivity index (χ1v) is 1.65. The van der Waals surface area contributed by atoms with Crippen LogP contribution in [0.1, 0.15) is 0 Å². The van der Waals surface area contributed by atoms with E-state index in [1.165, 1.54) is 0 Å². The molecule has 0 aliphatic carbocycles. The van der Waals surface area contributed by atoms with Gasteiger partial charge in [-0.25, -0.2) is 9.98 Å². The molecule has 4 heteroatoms. The van der Waals surface area contributed by atoms with Crippen LogP contribution in [0.3, 0.4) is 0 Å². The normalized spacial score (nSPS) is 23.4. The second-order valence-corrected chi connectivity index (χ2v) is 1.03. The Morgan fingerprint density at radius 3 is 1.57 bits per heavy atom. The molecule has 1 aliphatic rings. The molecule has 1 heterocycles. The lowest BCUT2D eigenvalue weighted by Gasteiger charge is -1.82. The number of rotatable bonds is 2. The molecular formula is C3H4N2O2. The first-order chi connectivity index (χ1) is 3.33. The van der Waals surface area contributed by atoms with E-state index in [1.807, 2.05) is 0 Å². The Labute approximate surface area is 40.4 Å². The highest BCUT2D eigenvalue weighted by atomic mass is 17.4. The highest BCUT2D eigenvalue weighted by Crippen LogP contribution is 2.30. The molecule has 0 unspecified atom stereocenters. The van der Waals surface area contributed by atoms with E-state index in [2.05, 4.69) is 33.2 Å². The van der Waals surface area contributed by atoms with Crippen molar-refractivity contribution in [1.82, 2.24) is 0 Å². The maximum atomic E-state index is 4.24. The van der Waals surface area contributed by atoms with Gasteiger partial charge in [0, 0.05) is 0 Å². The molecular weight excluding hydrogens is 96.0 g/mol. The predicted octanol–water partition coefficient (Wildman–Crippen LogP) is -0.0393. The number of nitrogens with zero attached hydrogens (tertiary/aromatic N) is 2. The van der Waals surface area contributed by atoms with Gasteiger partial charge in [-0.3, -0.25) is 0 Å². The summed E-state index contributed by atoms with van der Waals surface area (Å²) in [5.74, 6) is 0. The summed E-state index contributed by atoms with van der Waals surface area (Å²) in [7, 11) is 0. The van der Waals surface area contributed by atoms with Crippen molar-refractivity contribution in [3.63, 3.8) is 0 Å². The fraction of sp³-hybridized carbons (Fsp3) is 0.333. The molecule has 38 valence electrons. The Morgan fingerprint density at radius 1 is 1.14 bits per heavy atom. The predicted molar refractivity (Wildman–Crippen MR) is 24.0 cm³/mol. The van der Waals surface area contributed by atoms with Gasteiger partial charge in [-0.1, -0.05) is 0 Å². The van der Waals surface area contributed by atoms with E-state index in [1.54, 1.807) is 0 Å². The average molecular weight is 100 g/mol. The fourth-order valence-corrected chi connectivity index (χ4v) is 0.193. The molecule has 0 radical (unpaired) electrons. The smallest absolute Gasteiger partial charge is 0.214 e. The molecule has 0 aromatic carbocycles. The topological polar surface area (TPSA) is 49.8 Å². The Hall–Kier alpha value is -0.740. The van der Waals surface area contributed by atoms with Crippen LogP contribution in [0.5, 0.6) is 0 Å². The van der Waals surface area contributed by atoms with Crippen molar-refractivity contribution in [1.29, 1.82) is 0 Å². The minimum atomic E-state index is -1.14. The third kappa shape index (κ3) is 0.531. The molecule has 0 saturated carbocycles. The largest absolute Gasteiger partial charge is 0.431 e. The highest BCUT2D eigenvalue weighted by molar-refractivity contribution is 5.29. The molecule has 7 heavy (non-hydrogen) atoms. The Morgan fingerprint density at radius 2 is 1.57 bits per heavy atom. The van der Waals surface area contributed by atoms with Gasteiger partial charge in [0.15, 0.2) is 0 Å². The van der Waals surface area contributed by atoms with Crippen molar-refractivity contribution in [2.75, 3.05) is 0 Å². The van der Waals surface area contributed by atoms with Crippen LogP contribution in [0.25, 0.3) is 0 Å². The molecule has 1 aliphatic heterocycles. The van der Waals surface area contributed by atoms with Gasteiger partial charge >= 0.3 is 6.03 Å². The van der Waals surface area contributed by atoms with Gasteiger partial charge in [0.25, 0.3) is 0 Å². The highest BCUT2D eigenvalue weighted by Gasteiger charge is 2.47. The molecule has 0 N–H and O–H groups in total. The van der Waals surface area contributed by atoms with Gasteiger partial charge < -0.3 is 0 Å². The van der Waals surface area contributed by atoms with Crippen molar-refractivity contribution >= 4 is 13.4 Å². The first-order valence-electron chi connectivity index (χ1n) is 1.65. The summed E-state index contributed by atoms with van der Waals surface area (Å²) < 4.78 is 0. The number of hydrogen-bond acceptors (Lipinski definition) is 4. The monoisotopic (exact) mass is 100 g/mol. The zero-order valence-electron chi connectivity index (χ0n) is 3.63. The summed E-state index contributed by atoms with van der Waals surface area (Å²) in [6.07, 6.45) is 0. The summed E-state index contributed by atoms with van der Waals surface area (Å²) in [6, 6.07) is -1.14. The van der Waals surface area contributed by atoms with Crippen molar-refractivity contribution in [3.8, 4) is 0 Å². The third-order valence-electron chi connectivity index (χ3n) is 0.632. The molecule has 1 fully saturated rings. The molecule has 0 spiro atoms. The van der Waals surface area contributed by atoms with E-state index in [9.17, 15) is 0 Å². The van der Waals surface area contributed by atoms with Crippen LogP contribution in [0.2, 0.25) is 0 Å². The summed E-state index contributed by atoms with van der Waals surface area (Å²) in [5, 5.41) is 0. The lowest BCUT2D eigenvalue weighted by Crippen LogP contribution is -1.97. The second kappa shape index (κ2) is 1.11. The SMILES string of the molecule is C=NC1(N=C)OO1. The maximum Gasteiger partial charge on any atom is 0.431 e. The fourth-order valence-electron chi connectivity index (χ4n) is 0.193. The van der Waals surface area contributed by atoms with Gasteiger partial charge in [-0.2, -0.15) is 0 Å². The van der Waals surface area contributed by atoms with Gasteiger partial charge in [0.05, 0.1) is 0 Å². The third-order valence-corrected chi connectivity index (χ3v) is 0.632. The maximum absolute atomic E-state index is 4.24. The zero-order chi connectivity index (χ0) is 5.33. The molecule has 4 nitrogen and oxygen atoms in total. The molecule has 0 aromatic heterocycles. The van der Waals surface area contributed by atoms with Crippen LogP contribution in [0.15, 0.2) is 9.98 Å². The van der Waals surface area contributed by atoms with Crippen LogP contribution in [0, 0.1) is 0 Å². The summed E-state index contributed by atoms with van der Waals surface area (Å²) in [5.41, 5.74) is 0. The van der Waals surface area contributed by atoms with Crippen molar-refractivity contribution in [3.05, 3.63) is 0 Å². The minimum absolute atomic E-state index is 1.14. The summed E-state index contributed by atoms with van der Waals surface area (Å²) >= 11 is 0. The van der Waals surface area contributed by atoms with Crippen molar-refractivity contribution in [2.24, 2.45) is 9.98 Å². The lowest BCUT2D eigenvalue weighted by atomic mass is 10.9. The van der Waals surface area contributed by atoms with E-state index in [-0.39, 0.29) is 0 Å². The second-order valence-electron chi connectivity index (χ2n) is 1.03. The quantitative estimate of drug-likeness (QED) is 0.278. The summed E-state index contributed by atoms with van der Waals surface area (Å²) in [4.78, 5) is 15.1. The minimum Gasteiger partial charge on any atom is -0.214 e. The standard InChI is InChI=1S/C3H4N2O2/c1-4-3(5-2)6-7-3/h1-2H2. The van der Waals surface area contributed by atoms with Gasteiger partial charge in [0.1, 0.15) is 0 Å². The molecule has 0 amide bonds. The molecule has 0 aromatic rings. The zero-order valence-corrected chi connectivity index (χ0v) is 3.63. The lowest BCUT2D eigenvalue weighted by molar-refractivity contribution is 0.0850. The van der Waals surface area contributed by atoms with Gasteiger partial charge in [-0.05, 0) is 13.4 Å². The van der Waals surface area contributed by atoms with E-state index in [4.69, 9.17) is 0 Å². The Kier molecular flexibility index (Phi) is 0.703. The summed E-state index contributed by atoms with van der Waals surface area (Å²) in [6.45, 7) is 6.26. The Bertz CT molecular complexity index is 97.5. The van der Waals surface area contributed by atoms with E-state index >= 15 is 0 Å². The van der Waals surface area contributed by atoms with Crippen LogP contribution < -0.4 is 0 Å². The number of aliphatic imine (C=N–C) groups is 2. The number of hydrogen-bond donors (Lipinski definition) is 0. The Balaban J connectivity index is 2.58. The van der Waals surface area contributed by atoms with Crippen LogP contribution >= 0.6 is 0 Å². The first kappa shape index (κ1) is 4.42. The molecule has 1 rings (SSSR count). The molecule has 0 bridgehead atoms. The average Bonchev–Trinajstić information content (AvgIpc) is 2.46. The van der Waals surface area contributed by atoms with Crippen LogP contribution in [0.4, 0.5) is 0 Å². The van der Waals surface area contributed by atoms with E-state index in [0.717, 1.165) is 0 Å². The van der Waals surface area contributed by atoms with Crippen LogP contribution in [-0.2, 0) is 9.78 Å². The van der Waals surface area contributed by atoms with Gasteiger partial charge in [0.2, 0.25) is 0 Å². The molecule has 0 atom stereocenters. The van der Waals surface area contributed by atoms with Crippen LogP contribution in [-0.4, -0.2) is 19.5 Å².